The van der Waals surface area contributed by atoms with E-state index in [1.54, 1.807) is 0 Å². The molecule has 32 heavy (non-hydrogen) atoms. The average Bonchev–Trinajstić information content (AvgIpc) is 2.71. The van der Waals surface area contributed by atoms with E-state index < -0.39 is 18.1 Å². The Morgan fingerprint density at radius 3 is 2.72 bits per heavy atom. The molecule has 2 aliphatic carbocycles. The largest absolute Gasteiger partial charge is 0.480 e. The summed E-state index contributed by atoms with van der Waals surface area (Å²) in [5.41, 5.74) is 2.30. The normalized spacial score (nSPS) is 22.9. The van der Waals surface area contributed by atoms with Crippen LogP contribution in [0.5, 0.6) is 0 Å². The number of hydrogen-bond acceptors (Lipinski definition) is 6. The van der Waals surface area contributed by atoms with Crippen LogP contribution < -0.4 is 16.0 Å². The van der Waals surface area contributed by atoms with E-state index in [4.69, 9.17) is 9.72 Å². The van der Waals surface area contributed by atoms with Crippen LogP contribution in [0.15, 0.2) is 12.1 Å². The van der Waals surface area contributed by atoms with Crippen molar-refractivity contribution in [3.8, 4) is 0 Å². The molecule has 0 unspecified atom stereocenters. The fraction of sp³-hybridized carbons (Fsp3) is 0.652. The van der Waals surface area contributed by atoms with Gasteiger partial charge in [-0.25, -0.2) is 14.6 Å². The molecule has 4 N–H and O–H groups in total. The fourth-order valence-electron chi connectivity index (χ4n) is 4.48. The number of nitrogens with one attached hydrogen (secondary N) is 3. The summed E-state index contributed by atoms with van der Waals surface area (Å²) in [5.74, 6) is 0.260. The van der Waals surface area contributed by atoms with Crippen LogP contribution >= 0.6 is 0 Å². The number of carboxylic acids is 1. The van der Waals surface area contributed by atoms with Crippen molar-refractivity contribution in [1.29, 1.82) is 0 Å². The number of aliphatic carboxylic acids is 1. The number of fused-ring (bicyclic) bond motifs is 1. The number of aromatic nitrogens is 1. The van der Waals surface area contributed by atoms with Crippen molar-refractivity contribution in [3.63, 3.8) is 0 Å². The third-order valence-electron chi connectivity index (χ3n) is 6.80. The second-order valence-electron chi connectivity index (χ2n) is 9.25. The van der Waals surface area contributed by atoms with Gasteiger partial charge in [0.15, 0.2) is 0 Å². The highest BCUT2D eigenvalue weighted by atomic mass is 16.5. The van der Waals surface area contributed by atoms with Crippen LogP contribution in [-0.4, -0.2) is 53.8 Å². The van der Waals surface area contributed by atoms with E-state index in [1.165, 1.54) is 5.56 Å². The van der Waals surface area contributed by atoms with Crippen molar-refractivity contribution in [2.45, 2.75) is 57.4 Å². The number of carboxylic acid groups (broad SMARTS) is 1. The number of alkyl carbamates (subject to hydrolysis) is 1. The third kappa shape index (κ3) is 5.69. The van der Waals surface area contributed by atoms with Gasteiger partial charge in [0.25, 0.3) is 0 Å². The highest BCUT2D eigenvalue weighted by molar-refractivity contribution is 5.83. The molecular weight excluding hydrogens is 412 g/mol. The molecule has 2 amide bonds. The van der Waals surface area contributed by atoms with Gasteiger partial charge in [0.1, 0.15) is 11.9 Å². The van der Waals surface area contributed by atoms with Gasteiger partial charge >= 0.3 is 12.1 Å². The van der Waals surface area contributed by atoms with Crippen LogP contribution in [-0.2, 0) is 27.2 Å². The third-order valence-corrected chi connectivity index (χ3v) is 6.80. The highest BCUT2D eigenvalue weighted by Crippen LogP contribution is 2.36. The number of hydrogen-bond donors (Lipinski definition) is 4. The van der Waals surface area contributed by atoms with Gasteiger partial charge in [0.2, 0.25) is 5.91 Å². The number of aryl methyl sites for hydroxylation is 1. The molecule has 1 atom stereocenters. The summed E-state index contributed by atoms with van der Waals surface area (Å²) in [6, 6.07) is 3.01. The number of rotatable bonds is 9. The predicted molar refractivity (Wildman–Crippen MR) is 117 cm³/mol. The average molecular weight is 445 g/mol. The van der Waals surface area contributed by atoms with Gasteiger partial charge in [-0.3, -0.25) is 4.79 Å². The molecule has 1 aromatic rings. The van der Waals surface area contributed by atoms with Gasteiger partial charge in [0.05, 0.1) is 6.61 Å². The minimum absolute atomic E-state index is 0.129. The minimum Gasteiger partial charge on any atom is -0.480 e. The van der Waals surface area contributed by atoms with Crippen molar-refractivity contribution in [3.05, 3.63) is 23.4 Å². The SMILES string of the molecule is O=C(N[C@@H](CNC(=O)[C@H]1C[C@@H](Cc2ccc3c(n2)NCCC3)C1)C(=O)O)OCC1CCC1. The molecule has 2 heterocycles. The fourth-order valence-corrected chi connectivity index (χ4v) is 4.48. The maximum absolute atomic E-state index is 12.4. The number of ether oxygens (including phenoxy) is 1. The van der Waals surface area contributed by atoms with Crippen molar-refractivity contribution in [2.75, 3.05) is 25.0 Å². The summed E-state index contributed by atoms with van der Waals surface area (Å²) in [4.78, 5) is 40.4. The van der Waals surface area contributed by atoms with Crippen LogP contribution in [0.3, 0.4) is 0 Å². The van der Waals surface area contributed by atoms with Crippen molar-refractivity contribution >= 4 is 23.8 Å². The van der Waals surface area contributed by atoms with Gasteiger partial charge in [-0.1, -0.05) is 12.5 Å². The van der Waals surface area contributed by atoms with E-state index in [9.17, 15) is 19.5 Å². The number of carbonyl (C=O) groups is 3. The zero-order valence-electron chi connectivity index (χ0n) is 18.3. The molecule has 0 aromatic carbocycles. The Morgan fingerprint density at radius 2 is 2.00 bits per heavy atom. The molecule has 2 fully saturated rings. The first-order valence-corrected chi connectivity index (χ1v) is 11.6. The first kappa shape index (κ1) is 22.4. The lowest BCUT2D eigenvalue weighted by Crippen LogP contribution is -2.50. The van der Waals surface area contributed by atoms with Gasteiger partial charge in [0, 0.05) is 24.7 Å². The summed E-state index contributed by atoms with van der Waals surface area (Å²) < 4.78 is 5.08. The van der Waals surface area contributed by atoms with Gasteiger partial charge in [-0.15, -0.1) is 0 Å². The number of pyridine rings is 1. The highest BCUT2D eigenvalue weighted by Gasteiger charge is 2.35. The summed E-state index contributed by atoms with van der Waals surface area (Å²) in [6.07, 6.45) is 7.00. The lowest BCUT2D eigenvalue weighted by atomic mass is 9.72. The summed E-state index contributed by atoms with van der Waals surface area (Å²) in [5, 5.41) is 17.7. The van der Waals surface area contributed by atoms with Gasteiger partial charge < -0.3 is 25.8 Å². The monoisotopic (exact) mass is 444 g/mol. The van der Waals surface area contributed by atoms with Crippen molar-refractivity contribution in [2.24, 2.45) is 17.8 Å². The van der Waals surface area contributed by atoms with Crippen LogP contribution in [0, 0.1) is 17.8 Å². The molecule has 4 rings (SSSR count). The molecule has 174 valence electrons. The zero-order valence-corrected chi connectivity index (χ0v) is 18.3. The van der Waals surface area contributed by atoms with Crippen LogP contribution in [0.2, 0.25) is 0 Å². The lowest BCUT2D eigenvalue weighted by molar-refractivity contribution is -0.139. The summed E-state index contributed by atoms with van der Waals surface area (Å²) >= 11 is 0. The van der Waals surface area contributed by atoms with E-state index in [1.807, 2.05) is 0 Å². The maximum Gasteiger partial charge on any atom is 0.407 e. The Morgan fingerprint density at radius 1 is 1.19 bits per heavy atom. The molecule has 0 spiro atoms. The van der Waals surface area contributed by atoms with E-state index in [0.717, 1.165) is 69.4 Å². The molecular formula is C23H32N4O5. The van der Waals surface area contributed by atoms with Crippen LogP contribution in [0.1, 0.15) is 49.8 Å². The first-order chi connectivity index (χ1) is 15.5. The molecule has 1 aliphatic heterocycles. The molecule has 0 bridgehead atoms. The van der Waals surface area contributed by atoms with Gasteiger partial charge in [-0.2, -0.15) is 0 Å². The minimum atomic E-state index is -1.21. The molecule has 0 radical (unpaired) electrons. The number of amides is 2. The quantitative estimate of drug-likeness (QED) is 0.459. The summed E-state index contributed by atoms with van der Waals surface area (Å²) in [7, 11) is 0. The molecule has 0 saturated heterocycles. The lowest BCUT2D eigenvalue weighted by Gasteiger charge is -2.34. The second kappa shape index (κ2) is 10.2. The Hall–Kier alpha value is -2.84. The number of carbonyl (C=O) groups excluding carboxylic acids is 2. The Balaban J connectivity index is 1.16. The Kier molecular flexibility index (Phi) is 7.12. The Labute approximate surface area is 187 Å². The molecule has 1 aromatic heterocycles. The first-order valence-electron chi connectivity index (χ1n) is 11.6. The smallest absolute Gasteiger partial charge is 0.407 e. The molecule has 2 saturated carbocycles. The summed E-state index contributed by atoms with van der Waals surface area (Å²) in [6.45, 7) is 1.11. The van der Waals surface area contributed by atoms with E-state index in [2.05, 4.69) is 28.1 Å². The molecule has 9 nitrogen and oxygen atoms in total. The van der Waals surface area contributed by atoms with Crippen molar-refractivity contribution in [1.82, 2.24) is 15.6 Å². The number of nitrogens with zero attached hydrogens (tertiary/aromatic N) is 1. The van der Waals surface area contributed by atoms with Crippen LogP contribution in [0.4, 0.5) is 10.6 Å². The Bertz CT molecular complexity index is 851. The van der Waals surface area contributed by atoms with Crippen molar-refractivity contribution < 1.29 is 24.2 Å². The molecule has 3 aliphatic rings. The van der Waals surface area contributed by atoms with E-state index in [0.29, 0.717) is 18.4 Å². The zero-order chi connectivity index (χ0) is 22.5. The number of anilines is 1. The van der Waals surface area contributed by atoms with E-state index >= 15 is 0 Å². The van der Waals surface area contributed by atoms with E-state index in [-0.39, 0.29) is 18.4 Å². The topological polar surface area (TPSA) is 130 Å². The standard InChI is InChI=1S/C23H32N4O5/c28-21(25-12-19(22(29)30)27-23(31)32-13-14-3-1-4-14)17-9-15(10-17)11-18-7-6-16-5-2-8-24-20(16)26-18/h6-7,14-15,17,19H,1-5,8-13H2,(H,24,26)(H,25,28)(H,27,31)(H,29,30)/t15-,17+,19-/m0/s1. The predicted octanol–water partition coefficient (Wildman–Crippen LogP) is 2.10. The molecule has 9 heteroatoms. The van der Waals surface area contributed by atoms with Gasteiger partial charge in [-0.05, 0) is 68.4 Å². The van der Waals surface area contributed by atoms with Crippen LogP contribution in [0.25, 0.3) is 0 Å². The second-order valence-corrected chi connectivity index (χ2v) is 9.25. The maximum atomic E-state index is 12.4.